The molecule has 6 nitrogen and oxygen atoms in total. The summed E-state index contributed by atoms with van der Waals surface area (Å²) in [6.45, 7) is 1.49. The van der Waals surface area contributed by atoms with Gasteiger partial charge in [-0.3, -0.25) is 0 Å². The maximum absolute atomic E-state index is 13.4. The first kappa shape index (κ1) is 16.5. The van der Waals surface area contributed by atoms with Crippen LogP contribution in [-0.4, -0.2) is 39.5 Å². The molecule has 2 fully saturated rings. The van der Waals surface area contributed by atoms with Gasteiger partial charge in [-0.2, -0.15) is 12.7 Å². The minimum atomic E-state index is -3.58. The predicted molar refractivity (Wildman–Crippen MR) is 82.9 cm³/mol. The van der Waals surface area contributed by atoms with Crippen molar-refractivity contribution in [1.29, 1.82) is 0 Å². The van der Waals surface area contributed by atoms with E-state index in [-0.39, 0.29) is 11.2 Å². The Bertz CT molecular complexity index is 687. The predicted octanol–water partition coefficient (Wildman–Crippen LogP) is 1.52. The molecule has 1 aromatic carbocycles. The third kappa shape index (κ3) is 3.44. The molecule has 3 rings (SSSR count). The fourth-order valence-corrected chi connectivity index (χ4v) is 4.08. The van der Waals surface area contributed by atoms with Crippen LogP contribution in [0.1, 0.15) is 19.3 Å². The highest BCUT2D eigenvalue weighted by Gasteiger charge is 2.55. The topological polar surface area (TPSA) is 81.9 Å². The third-order valence-corrected chi connectivity index (χ3v) is 6.10. The Morgan fingerprint density at radius 1 is 1.39 bits per heavy atom. The van der Waals surface area contributed by atoms with Crippen LogP contribution < -0.4 is 14.6 Å². The number of halogens is 1. The van der Waals surface area contributed by atoms with Crippen molar-refractivity contribution in [3.63, 3.8) is 0 Å². The summed E-state index contributed by atoms with van der Waals surface area (Å²) in [5, 5.41) is 5.16. The van der Waals surface area contributed by atoms with Crippen molar-refractivity contribution in [2.45, 2.75) is 19.3 Å². The summed E-state index contributed by atoms with van der Waals surface area (Å²) in [7, 11) is -2.17. The molecular weight excluding hydrogens is 323 g/mol. The third-order valence-electron chi connectivity index (χ3n) is 5.01. The van der Waals surface area contributed by atoms with E-state index in [4.69, 9.17) is 14.6 Å². The summed E-state index contributed by atoms with van der Waals surface area (Å²) in [5.41, 5.74) is 0.172. The summed E-state index contributed by atoms with van der Waals surface area (Å²) in [5.74, 6) is 0.723. The Labute approximate surface area is 135 Å². The van der Waals surface area contributed by atoms with Gasteiger partial charge in [0.15, 0.2) is 11.6 Å². The van der Waals surface area contributed by atoms with Gasteiger partial charge in [-0.05, 0) is 42.7 Å². The van der Waals surface area contributed by atoms with Crippen molar-refractivity contribution in [1.82, 2.24) is 4.31 Å². The van der Waals surface area contributed by atoms with Crippen molar-refractivity contribution >= 4 is 10.2 Å². The van der Waals surface area contributed by atoms with Gasteiger partial charge >= 0.3 is 0 Å². The molecule has 1 aliphatic heterocycles. The minimum absolute atomic E-state index is 0.162. The van der Waals surface area contributed by atoms with E-state index in [0.717, 1.165) is 19.3 Å². The van der Waals surface area contributed by atoms with E-state index in [2.05, 4.69) is 0 Å². The second-order valence-corrected chi connectivity index (χ2v) is 7.86. The summed E-state index contributed by atoms with van der Waals surface area (Å²) in [6.07, 6.45) is 2.65. The van der Waals surface area contributed by atoms with Gasteiger partial charge in [0.1, 0.15) is 5.75 Å². The number of rotatable bonds is 5. The number of nitrogens with two attached hydrogens (primary N) is 1. The number of benzene rings is 1. The van der Waals surface area contributed by atoms with E-state index in [1.54, 1.807) is 6.07 Å². The molecule has 1 spiro atoms. The molecule has 1 heterocycles. The average Bonchev–Trinajstić information content (AvgIpc) is 3.18. The normalized spacial score (nSPS) is 23.7. The van der Waals surface area contributed by atoms with Crippen molar-refractivity contribution in [2.75, 3.05) is 26.8 Å². The molecular formula is C15H21FN2O4S. The maximum atomic E-state index is 13.4. The quantitative estimate of drug-likeness (QED) is 0.878. The second-order valence-electron chi connectivity index (χ2n) is 6.31. The number of hydrogen-bond donors (Lipinski definition) is 1. The molecule has 1 saturated carbocycles. The van der Waals surface area contributed by atoms with Crippen LogP contribution in [0.5, 0.6) is 11.5 Å². The molecule has 0 radical (unpaired) electrons. The molecule has 0 bridgehead atoms. The summed E-state index contributed by atoms with van der Waals surface area (Å²) >= 11 is 0. The molecule has 1 saturated heterocycles. The monoisotopic (exact) mass is 344 g/mol. The lowest BCUT2D eigenvalue weighted by Gasteiger charge is -2.30. The van der Waals surface area contributed by atoms with Crippen LogP contribution in [0.4, 0.5) is 4.39 Å². The van der Waals surface area contributed by atoms with E-state index in [9.17, 15) is 12.8 Å². The van der Waals surface area contributed by atoms with Gasteiger partial charge in [-0.25, -0.2) is 9.53 Å². The molecule has 23 heavy (non-hydrogen) atoms. The zero-order valence-electron chi connectivity index (χ0n) is 13.0. The SMILES string of the molecule is COc1cc(OC[C@@H]2CC23CCN(S(N)(=O)=O)CC3)ccc1F. The molecule has 1 aromatic rings. The zero-order valence-corrected chi connectivity index (χ0v) is 13.8. The lowest BCUT2D eigenvalue weighted by atomic mass is 9.92. The molecule has 0 amide bonds. The Hall–Kier alpha value is -1.38. The fourth-order valence-electron chi connectivity index (χ4n) is 3.39. The lowest BCUT2D eigenvalue weighted by molar-refractivity contribution is 0.208. The Balaban J connectivity index is 1.52. The molecule has 0 aromatic heterocycles. The van der Waals surface area contributed by atoms with E-state index < -0.39 is 16.0 Å². The number of nitrogens with zero attached hydrogens (tertiary/aromatic N) is 1. The van der Waals surface area contributed by atoms with Gasteiger partial charge in [0, 0.05) is 19.2 Å². The van der Waals surface area contributed by atoms with Gasteiger partial charge in [0.05, 0.1) is 13.7 Å². The van der Waals surface area contributed by atoms with E-state index in [1.807, 2.05) is 0 Å². The van der Waals surface area contributed by atoms with Crippen molar-refractivity contribution in [3.8, 4) is 11.5 Å². The van der Waals surface area contributed by atoms with Crippen molar-refractivity contribution < 1.29 is 22.3 Å². The molecule has 0 unspecified atom stereocenters. The summed E-state index contributed by atoms with van der Waals surface area (Å²) < 4.78 is 48.0. The molecule has 2 aliphatic rings. The van der Waals surface area contributed by atoms with Crippen LogP contribution in [0.3, 0.4) is 0 Å². The molecule has 2 N–H and O–H groups in total. The highest BCUT2D eigenvalue weighted by Crippen LogP contribution is 2.59. The lowest BCUT2D eigenvalue weighted by Crippen LogP contribution is -2.43. The van der Waals surface area contributed by atoms with E-state index in [1.165, 1.54) is 23.5 Å². The van der Waals surface area contributed by atoms with Crippen LogP contribution in [0.25, 0.3) is 0 Å². The first-order chi connectivity index (χ1) is 10.8. The summed E-state index contributed by atoms with van der Waals surface area (Å²) in [6, 6.07) is 4.44. The number of hydrogen-bond acceptors (Lipinski definition) is 4. The highest BCUT2D eigenvalue weighted by atomic mass is 32.2. The van der Waals surface area contributed by atoms with Gasteiger partial charge in [-0.1, -0.05) is 0 Å². The number of piperidine rings is 1. The largest absolute Gasteiger partial charge is 0.494 e. The second kappa shape index (κ2) is 5.92. The first-order valence-electron chi connectivity index (χ1n) is 7.58. The molecule has 128 valence electrons. The zero-order chi connectivity index (χ0) is 16.7. The summed E-state index contributed by atoms with van der Waals surface area (Å²) in [4.78, 5) is 0. The van der Waals surface area contributed by atoms with Gasteiger partial charge in [0.25, 0.3) is 10.2 Å². The number of methoxy groups -OCH3 is 1. The van der Waals surface area contributed by atoms with Gasteiger partial charge in [0.2, 0.25) is 0 Å². The van der Waals surface area contributed by atoms with Crippen LogP contribution in [0.15, 0.2) is 18.2 Å². The fraction of sp³-hybridized carbons (Fsp3) is 0.600. The van der Waals surface area contributed by atoms with Crippen LogP contribution in [0.2, 0.25) is 0 Å². The molecule has 8 heteroatoms. The van der Waals surface area contributed by atoms with Crippen LogP contribution in [-0.2, 0) is 10.2 Å². The van der Waals surface area contributed by atoms with Crippen LogP contribution >= 0.6 is 0 Å². The van der Waals surface area contributed by atoms with Crippen molar-refractivity contribution in [2.24, 2.45) is 16.5 Å². The maximum Gasteiger partial charge on any atom is 0.276 e. The molecule has 1 aliphatic carbocycles. The Kier molecular flexibility index (Phi) is 4.24. The number of ether oxygens (including phenoxy) is 2. The minimum Gasteiger partial charge on any atom is -0.494 e. The average molecular weight is 344 g/mol. The first-order valence-corrected chi connectivity index (χ1v) is 9.09. The van der Waals surface area contributed by atoms with Crippen molar-refractivity contribution in [3.05, 3.63) is 24.0 Å². The van der Waals surface area contributed by atoms with Crippen LogP contribution in [0, 0.1) is 17.2 Å². The van der Waals surface area contributed by atoms with Gasteiger partial charge in [-0.15, -0.1) is 0 Å². The highest BCUT2D eigenvalue weighted by molar-refractivity contribution is 7.86. The Morgan fingerprint density at radius 2 is 2.09 bits per heavy atom. The molecule has 1 atom stereocenters. The van der Waals surface area contributed by atoms with E-state index in [0.29, 0.717) is 31.4 Å². The Morgan fingerprint density at radius 3 is 2.70 bits per heavy atom. The van der Waals surface area contributed by atoms with Gasteiger partial charge < -0.3 is 9.47 Å². The smallest absolute Gasteiger partial charge is 0.276 e. The standard InChI is InChI=1S/C15H21FN2O4S/c1-21-14-8-12(2-3-13(14)16)22-10-11-9-15(11)4-6-18(7-5-15)23(17,19)20/h2-3,8,11H,4-7,9-10H2,1H3,(H2,17,19,20)/t11-/m0/s1. The van der Waals surface area contributed by atoms with E-state index >= 15 is 0 Å².